The highest BCUT2D eigenvalue weighted by molar-refractivity contribution is 5.57. The van der Waals surface area contributed by atoms with Crippen molar-refractivity contribution in [1.29, 1.82) is 0 Å². The van der Waals surface area contributed by atoms with Crippen LogP contribution in [-0.2, 0) is 0 Å². The van der Waals surface area contributed by atoms with Crippen LogP contribution in [0.4, 0.5) is 5.82 Å². The Morgan fingerprint density at radius 1 is 1.43 bits per heavy atom. The van der Waals surface area contributed by atoms with Gasteiger partial charge in [0.15, 0.2) is 5.82 Å². The summed E-state index contributed by atoms with van der Waals surface area (Å²) in [5.74, 6) is 2.83. The average molecular weight is 287 g/mol. The predicted molar refractivity (Wildman–Crippen MR) is 81.0 cm³/mol. The molecule has 6 nitrogen and oxygen atoms in total. The summed E-state index contributed by atoms with van der Waals surface area (Å²) in [5, 5.41) is 7.24. The van der Waals surface area contributed by atoms with Crippen LogP contribution in [0, 0.1) is 12.8 Å². The van der Waals surface area contributed by atoms with Gasteiger partial charge in [-0.15, -0.1) is 0 Å². The number of nitrogens with one attached hydrogen (secondary N) is 1. The number of hydrogen-bond acceptors (Lipinski definition) is 6. The Morgan fingerprint density at radius 3 is 2.86 bits per heavy atom. The number of hydrogen-bond donors (Lipinski definition) is 1. The van der Waals surface area contributed by atoms with Gasteiger partial charge in [0.25, 0.3) is 5.89 Å². The van der Waals surface area contributed by atoms with E-state index in [0.717, 1.165) is 23.8 Å². The normalized spacial score (nSPS) is 16.2. The van der Waals surface area contributed by atoms with E-state index < -0.39 is 0 Å². The largest absolute Gasteiger partial charge is 0.368 e. The van der Waals surface area contributed by atoms with E-state index in [0.29, 0.717) is 17.8 Å². The number of pyridine rings is 1. The lowest BCUT2D eigenvalue weighted by Gasteiger charge is -2.24. The second-order valence-corrected chi connectivity index (χ2v) is 5.83. The molecular weight excluding hydrogens is 266 g/mol. The molecule has 0 bridgehead atoms. The number of aromatic nitrogens is 3. The maximum absolute atomic E-state index is 5.19. The van der Waals surface area contributed by atoms with Crippen LogP contribution in [0.5, 0.6) is 0 Å². The van der Waals surface area contributed by atoms with Gasteiger partial charge in [-0.2, -0.15) is 4.98 Å². The zero-order valence-electron chi connectivity index (χ0n) is 12.7. The van der Waals surface area contributed by atoms with Gasteiger partial charge in [-0.05, 0) is 51.9 Å². The molecule has 112 valence electrons. The average Bonchev–Trinajstić information content (AvgIpc) is 3.20. The minimum atomic E-state index is 0.532. The standard InChI is InChI=1S/C15H21N5O/c1-10-18-15(21-19-10)12-6-7-16-14(8-12)17-9-13(20(2)3)11-4-5-11/h6-8,11,13H,4-5,9H2,1-3H3,(H,16,17). The predicted octanol–water partition coefficient (Wildman–Crippen LogP) is 2.19. The zero-order valence-corrected chi connectivity index (χ0v) is 12.7. The number of rotatable bonds is 6. The fourth-order valence-corrected chi connectivity index (χ4v) is 2.54. The van der Waals surface area contributed by atoms with Gasteiger partial charge in [0.1, 0.15) is 5.82 Å². The molecule has 1 unspecified atom stereocenters. The van der Waals surface area contributed by atoms with Gasteiger partial charge >= 0.3 is 0 Å². The summed E-state index contributed by atoms with van der Waals surface area (Å²) in [6, 6.07) is 4.38. The lowest BCUT2D eigenvalue weighted by molar-refractivity contribution is 0.276. The highest BCUT2D eigenvalue weighted by Crippen LogP contribution is 2.34. The summed E-state index contributed by atoms with van der Waals surface area (Å²) >= 11 is 0. The number of likely N-dealkylation sites (N-methyl/N-ethyl adjacent to an activating group) is 1. The molecule has 0 amide bonds. The molecule has 6 heteroatoms. The molecule has 2 aromatic rings. The Bertz CT molecular complexity index is 604. The molecular formula is C15H21N5O. The van der Waals surface area contributed by atoms with Gasteiger partial charge in [0, 0.05) is 24.3 Å². The summed E-state index contributed by atoms with van der Waals surface area (Å²) in [6.45, 7) is 2.71. The van der Waals surface area contributed by atoms with E-state index in [2.05, 4.69) is 39.4 Å². The maximum Gasteiger partial charge on any atom is 0.258 e. The lowest BCUT2D eigenvalue weighted by Crippen LogP contribution is -2.36. The molecule has 0 spiro atoms. The number of nitrogens with zero attached hydrogens (tertiary/aromatic N) is 4. The minimum Gasteiger partial charge on any atom is -0.368 e. The van der Waals surface area contributed by atoms with Gasteiger partial charge < -0.3 is 14.7 Å². The molecule has 0 aliphatic heterocycles. The van der Waals surface area contributed by atoms with Crippen molar-refractivity contribution in [3.8, 4) is 11.5 Å². The molecule has 0 aromatic carbocycles. The summed E-state index contributed by atoms with van der Waals surface area (Å²) in [4.78, 5) is 10.9. The van der Waals surface area contributed by atoms with Crippen molar-refractivity contribution < 1.29 is 4.52 Å². The van der Waals surface area contributed by atoms with E-state index in [-0.39, 0.29) is 0 Å². The van der Waals surface area contributed by atoms with Crippen molar-refractivity contribution in [2.24, 2.45) is 5.92 Å². The third kappa shape index (κ3) is 3.39. The van der Waals surface area contributed by atoms with Crippen LogP contribution in [0.2, 0.25) is 0 Å². The van der Waals surface area contributed by atoms with Gasteiger partial charge in [0.2, 0.25) is 0 Å². The van der Waals surface area contributed by atoms with E-state index in [1.54, 1.807) is 6.20 Å². The van der Waals surface area contributed by atoms with E-state index in [1.165, 1.54) is 12.8 Å². The van der Waals surface area contributed by atoms with Crippen LogP contribution < -0.4 is 5.32 Å². The Labute approximate surface area is 124 Å². The molecule has 3 rings (SSSR count). The van der Waals surface area contributed by atoms with E-state index in [4.69, 9.17) is 4.52 Å². The van der Waals surface area contributed by atoms with Crippen LogP contribution >= 0.6 is 0 Å². The summed E-state index contributed by atoms with van der Waals surface area (Å²) in [6.07, 6.45) is 4.43. The molecule has 2 heterocycles. The van der Waals surface area contributed by atoms with Crippen molar-refractivity contribution in [2.75, 3.05) is 26.0 Å². The highest BCUT2D eigenvalue weighted by atomic mass is 16.5. The van der Waals surface area contributed by atoms with Gasteiger partial charge in [-0.3, -0.25) is 0 Å². The van der Waals surface area contributed by atoms with Crippen molar-refractivity contribution >= 4 is 5.82 Å². The van der Waals surface area contributed by atoms with Crippen LogP contribution in [0.3, 0.4) is 0 Å². The lowest BCUT2D eigenvalue weighted by atomic mass is 10.1. The maximum atomic E-state index is 5.19. The van der Waals surface area contributed by atoms with Crippen molar-refractivity contribution in [3.63, 3.8) is 0 Å². The molecule has 1 N–H and O–H groups in total. The molecule has 0 radical (unpaired) electrons. The SMILES string of the molecule is Cc1noc(-c2ccnc(NCC(C3CC3)N(C)C)c2)n1. The quantitative estimate of drug-likeness (QED) is 0.878. The second kappa shape index (κ2) is 5.81. The van der Waals surface area contributed by atoms with Crippen molar-refractivity contribution in [3.05, 3.63) is 24.2 Å². The minimum absolute atomic E-state index is 0.532. The van der Waals surface area contributed by atoms with Gasteiger partial charge in [0.05, 0.1) is 0 Å². The molecule has 1 aliphatic rings. The fourth-order valence-electron chi connectivity index (χ4n) is 2.54. The monoisotopic (exact) mass is 287 g/mol. The molecule has 0 saturated heterocycles. The van der Waals surface area contributed by atoms with Crippen molar-refractivity contribution in [2.45, 2.75) is 25.8 Å². The second-order valence-electron chi connectivity index (χ2n) is 5.83. The first kappa shape index (κ1) is 14.0. The van der Waals surface area contributed by atoms with E-state index in [1.807, 2.05) is 19.1 Å². The van der Waals surface area contributed by atoms with E-state index >= 15 is 0 Å². The van der Waals surface area contributed by atoms with Crippen LogP contribution in [0.15, 0.2) is 22.9 Å². The molecule has 21 heavy (non-hydrogen) atoms. The Morgan fingerprint density at radius 2 is 2.24 bits per heavy atom. The molecule has 1 atom stereocenters. The smallest absolute Gasteiger partial charge is 0.258 e. The summed E-state index contributed by atoms with van der Waals surface area (Å²) < 4.78 is 5.19. The Kier molecular flexibility index (Phi) is 3.88. The summed E-state index contributed by atoms with van der Waals surface area (Å²) in [5.41, 5.74) is 0.890. The molecule has 2 aromatic heterocycles. The van der Waals surface area contributed by atoms with Crippen LogP contribution in [0.1, 0.15) is 18.7 Å². The topological polar surface area (TPSA) is 67.1 Å². The number of aryl methyl sites for hydroxylation is 1. The molecule has 1 aliphatic carbocycles. The van der Waals surface area contributed by atoms with Crippen LogP contribution in [-0.4, -0.2) is 46.7 Å². The Balaban J connectivity index is 1.68. The Hall–Kier alpha value is -1.95. The highest BCUT2D eigenvalue weighted by Gasteiger charge is 2.32. The molecule has 1 fully saturated rings. The summed E-state index contributed by atoms with van der Waals surface area (Å²) in [7, 11) is 4.27. The molecule has 1 saturated carbocycles. The van der Waals surface area contributed by atoms with Gasteiger partial charge in [-0.25, -0.2) is 4.98 Å². The number of anilines is 1. The first-order valence-corrected chi connectivity index (χ1v) is 7.30. The van der Waals surface area contributed by atoms with Crippen LogP contribution in [0.25, 0.3) is 11.5 Å². The first-order chi connectivity index (χ1) is 10.1. The zero-order chi connectivity index (χ0) is 14.8. The third-order valence-corrected chi connectivity index (χ3v) is 3.86. The fraction of sp³-hybridized carbons (Fsp3) is 0.533. The first-order valence-electron chi connectivity index (χ1n) is 7.30. The van der Waals surface area contributed by atoms with Crippen molar-refractivity contribution in [1.82, 2.24) is 20.0 Å². The van der Waals surface area contributed by atoms with E-state index in [9.17, 15) is 0 Å². The van der Waals surface area contributed by atoms with Gasteiger partial charge in [-0.1, -0.05) is 5.16 Å². The third-order valence-electron chi connectivity index (χ3n) is 3.86.